The number of ketones is 1. The van der Waals surface area contributed by atoms with Gasteiger partial charge in [-0.05, 0) is 6.07 Å². The van der Waals surface area contributed by atoms with Crippen LogP contribution in [0.4, 0.5) is 87.8 Å². The molecule has 0 amide bonds. The molecule has 0 saturated heterocycles. The smallest absolute Gasteiger partial charge is 0.249 e. The molecule has 6 rings (SSSR count). The zero-order chi connectivity index (χ0) is 46.4. The number of rotatable bonds is 8. The van der Waals surface area contributed by atoms with Crippen LogP contribution in [0.1, 0.15) is 16.1 Å². The van der Waals surface area contributed by atoms with Crippen molar-refractivity contribution in [2.75, 3.05) is 5.33 Å². The normalized spacial score (nSPS) is 11.5. The van der Waals surface area contributed by atoms with E-state index in [9.17, 15) is 57.5 Å². The summed E-state index contributed by atoms with van der Waals surface area (Å²) in [5.74, 6) is -71.3. The van der Waals surface area contributed by atoms with Crippen molar-refractivity contribution >= 4 is 49.7 Å². The Balaban J connectivity index is 0.000000355. The minimum Gasteiger partial charge on any atom is -0.286 e. The molecule has 0 unspecified atom stereocenters. The molecule has 1 heterocycles. The van der Waals surface area contributed by atoms with Crippen molar-refractivity contribution in [1.82, 2.24) is 0 Å². The Morgan fingerprint density at radius 3 is 0.919 bits per heavy atom. The Morgan fingerprint density at radius 2 is 0.645 bits per heavy atom. The molecule has 62 heavy (non-hydrogen) atoms. The van der Waals surface area contributed by atoms with Gasteiger partial charge >= 0.3 is 0 Å². The summed E-state index contributed by atoms with van der Waals surface area (Å²) in [5.41, 5.74) is -12.4. The number of benzene rings is 5. The van der Waals surface area contributed by atoms with Crippen molar-refractivity contribution in [3.8, 4) is 0 Å². The van der Waals surface area contributed by atoms with E-state index in [0.29, 0.717) is 5.33 Å². The van der Waals surface area contributed by atoms with Crippen LogP contribution in [0, 0.1) is 116 Å². The Kier molecular flexibility index (Phi) is 13.5. The largest absolute Gasteiger partial charge is 0.286 e. The molecule has 24 heteroatoms. The average Bonchev–Trinajstić information content (AvgIpc) is 3.26. The van der Waals surface area contributed by atoms with Crippen molar-refractivity contribution in [3.05, 3.63) is 182 Å². The van der Waals surface area contributed by atoms with Gasteiger partial charge in [0.1, 0.15) is 52.7 Å². The van der Waals surface area contributed by atoms with Crippen LogP contribution < -0.4 is 26.4 Å². The molecule has 0 radical (unpaired) electrons. The highest BCUT2D eigenvalue weighted by Gasteiger charge is 2.52. The molecule has 0 spiro atoms. The average molecular weight is 970 g/mol. The number of carbonyl (C=O) groups is 1. The van der Waals surface area contributed by atoms with E-state index in [2.05, 4.69) is 28.1 Å². The molecule has 0 aliphatic rings. The second kappa shape index (κ2) is 17.8. The number of pyridine rings is 1. The van der Waals surface area contributed by atoms with E-state index in [1.54, 1.807) is 0 Å². The van der Waals surface area contributed by atoms with Crippen molar-refractivity contribution in [2.24, 2.45) is 0 Å². The topological polar surface area (TPSA) is 20.9 Å². The van der Waals surface area contributed by atoms with Crippen LogP contribution in [-0.4, -0.2) is 17.3 Å². The van der Waals surface area contributed by atoms with Gasteiger partial charge in [-0.1, -0.05) is 46.3 Å². The summed E-state index contributed by atoms with van der Waals surface area (Å²) < 4.78 is 296. The second-order valence-corrected chi connectivity index (χ2v) is 13.1. The predicted molar refractivity (Wildman–Crippen MR) is 180 cm³/mol. The van der Waals surface area contributed by atoms with E-state index < -0.39 is 144 Å². The van der Waals surface area contributed by atoms with Crippen LogP contribution in [0.15, 0.2) is 54.7 Å². The van der Waals surface area contributed by atoms with Crippen LogP contribution in [0.25, 0.3) is 0 Å². The maximum absolute atomic E-state index is 15.4. The summed E-state index contributed by atoms with van der Waals surface area (Å²) >= 11 is 3.21. The summed E-state index contributed by atoms with van der Waals surface area (Å²) in [6.07, 6.45) is -5.28. The number of aromatic nitrogens is 1. The second-order valence-electron chi connectivity index (χ2n) is 12.6. The Morgan fingerprint density at radius 1 is 0.387 bits per heavy atom. The Labute approximate surface area is 340 Å². The number of hydrogen-bond acceptors (Lipinski definition) is 1. The standard InChI is InChI=1S/C24BF20.C14H13BrNO/c26-5-1(6(27)14(35)21(42)13(5)34)25(2-7(28)15(36)22(43)16(37)8(2)29,3-9(30)17(38)23(44)18(39)10(3)31)4-11(32)19(40)24(45)20(41)12(4)33;15-10-14(17)13-8-4-5-9-16(13)11-12-6-2-1-3-7-12/h;1-9H,10-11H2/q-1;+1. The zero-order valence-electron chi connectivity index (χ0n) is 29.5. The number of alkyl halides is 1. The highest BCUT2D eigenvalue weighted by Crippen LogP contribution is 2.30. The van der Waals surface area contributed by atoms with Crippen molar-refractivity contribution in [2.45, 2.75) is 6.54 Å². The lowest BCUT2D eigenvalue weighted by atomic mass is 9.12. The molecule has 6 aromatic rings. The van der Waals surface area contributed by atoms with Crippen LogP contribution in [-0.2, 0) is 6.54 Å². The summed E-state index contributed by atoms with van der Waals surface area (Å²) in [7, 11) is 0. The zero-order valence-corrected chi connectivity index (χ0v) is 31.1. The lowest BCUT2D eigenvalue weighted by Gasteiger charge is -2.44. The third-order valence-corrected chi connectivity index (χ3v) is 9.76. The van der Waals surface area contributed by atoms with Gasteiger partial charge in [0.2, 0.25) is 11.5 Å². The first-order chi connectivity index (χ1) is 29.0. The Bertz CT molecular complexity index is 2410. The van der Waals surface area contributed by atoms with Crippen molar-refractivity contribution in [3.63, 3.8) is 0 Å². The number of nitrogens with zero attached hydrogens (tertiary/aromatic N) is 1. The molecule has 0 aliphatic carbocycles. The number of hydrogen-bond donors (Lipinski definition) is 0. The first-order valence-corrected chi connectivity index (χ1v) is 17.5. The molecule has 0 fully saturated rings. The first-order valence-electron chi connectivity index (χ1n) is 16.4. The van der Waals surface area contributed by atoms with E-state index >= 15 is 35.1 Å². The lowest BCUT2D eigenvalue weighted by Crippen LogP contribution is -2.81. The van der Waals surface area contributed by atoms with Gasteiger partial charge in [-0.15, -0.1) is 21.9 Å². The summed E-state index contributed by atoms with van der Waals surface area (Å²) in [6, 6.07) is 15.8. The highest BCUT2D eigenvalue weighted by atomic mass is 79.9. The minimum absolute atomic E-state index is 0.0986. The Hall–Kier alpha value is -5.94. The lowest BCUT2D eigenvalue weighted by molar-refractivity contribution is -0.690. The molecular formula is C38H13BBrF20NO. The van der Waals surface area contributed by atoms with Crippen LogP contribution in [0.2, 0.25) is 0 Å². The molecular weight excluding hydrogens is 957 g/mol. The van der Waals surface area contributed by atoms with Gasteiger partial charge < -0.3 is 0 Å². The molecule has 5 aromatic carbocycles. The maximum atomic E-state index is 15.4. The van der Waals surface area contributed by atoms with Crippen molar-refractivity contribution < 1.29 is 97.2 Å². The van der Waals surface area contributed by atoms with E-state index in [-0.39, 0.29) is 5.78 Å². The maximum Gasteiger partial charge on any atom is 0.249 e. The van der Waals surface area contributed by atoms with Gasteiger partial charge in [-0.25, -0.2) is 87.8 Å². The predicted octanol–water partition coefficient (Wildman–Crippen LogP) is 8.45. The fraction of sp³-hybridized carbons (Fsp3) is 0.0526. The van der Waals surface area contributed by atoms with Crippen LogP contribution in [0.5, 0.6) is 0 Å². The van der Waals surface area contributed by atoms with Crippen LogP contribution >= 0.6 is 15.9 Å². The van der Waals surface area contributed by atoms with Gasteiger partial charge in [0.15, 0.2) is 82.5 Å². The SMILES string of the molecule is Fc1c(F)c(F)c([B-](c2c(F)c(F)c(F)c(F)c2F)(c2c(F)c(F)c(F)c(F)c2F)c2c(F)c(F)c(F)c(F)c2F)c(F)c1F.O=C(CBr)c1cccc[n+]1Cc1ccccc1. The third-order valence-electron chi connectivity index (χ3n) is 9.25. The molecule has 0 bridgehead atoms. The summed E-state index contributed by atoms with van der Waals surface area (Å²) in [6.45, 7) is 0.718. The molecule has 0 saturated carbocycles. The molecule has 1 aromatic heterocycles. The van der Waals surface area contributed by atoms with Gasteiger partial charge in [0, 0.05) is 17.7 Å². The molecule has 0 N–H and O–H groups in total. The molecule has 326 valence electrons. The van der Waals surface area contributed by atoms with Gasteiger partial charge in [-0.2, -0.15) is 4.57 Å². The summed E-state index contributed by atoms with van der Waals surface area (Å²) in [4.78, 5) is 11.8. The van der Waals surface area contributed by atoms with Gasteiger partial charge in [0.05, 0.1) is 5.33 Å². The fourth-order valence-electron chi connectivity index (χ4n) is 6.59. The van der Waals surface area contributed by atoms with Crippen LogP contribution in [0.3, 0.4) is 0 Å². The minimum atomic E-state index is -7.22. The molecule has 2 nitrogen and oxygen atoms in total. The fourth-order valence-corrected chi connectivity index (χ4v) is 6.88. The monoisotopic (exact) mass is 969 g/mol. The van der Waals surface area contributed by atoms with Gasteiger partial charge in [0.25, 0.3) is 0 Å². The van der Waals surface area contributed by atoms with E-state index in [1.807, 2.05) is 47.2 Å². The van der Waals surface area contributed by atoms with E-state index in [0.717, 1.165) is 12.2 Å². The summed E-state index contributed by atoms with van der Waals surface area (Å²) in [5, 5.41) is 0.353. The quantitative estimate of drug-likeness (QED) is 0.0286. The molecule has 0 atom stereocenters. The number of carbonyl (C=O) groups excluding carboxylic acids is 1. The number of Topliss-reactive ketones (excluding diaryl/α,β-unsaturated/α-hetero) is 1. The number of halogens is 21. The van der Waals surface area contributed by atoms with Crippen molar-refractivity contribution in [1.29, 1.82) is 0 Å². The van der Waals surface area contributed by atoms with E-state index in [1.165, 1.54) is 5.56 Å². The third kappa shape index (κ3) is 7.44. The van der Waals surface area contributed by atoms with E-state index in [4.69, 9.17) is 0 Å². The van der Waals surface area contributed by atoms with Gasteiger partial charge in [-0.3, -0.25) is 4.79 Å². The molecule has 0 aliphatic heterocycles. The highest BCUT2D eigenvalue weighted by molar-refractivity contribution is 9.09. The first kappa shape index (κ1) is 47.1.